The molecule has 1 aliphatic rings. The minimum atomic E-state index is -2.18. The lowest BCUT2D eigenvalue weighted by atomic mass is 9.85. The molecule has 0 bridgehead atoms. The highest BCUT2D eigenvalue weighted by Crippen LogP contribution is 2.42. The molecule has 0 amide bonds. The van der Waals surface area contributed by atoms with Gasteiger partial charge in [0, 0.05) is 17.5 Å². The summed E-state index contributed by atoms with van der Waals surface area (Å²) in [6, 6.07) is 0. The van der Waals surface area contributed by atoms with E-state index in [4.69, 9.17) is 14.6 Å². The van der Waals surface area contributed by atoms with Crippen molar-refractivity contribution in [2.75, 3.05) is 7.11 Å². The predicted octanol–water partition coefficient (Wildman–Crippen LogP) is -0.130. The van der Waals surface area contributed by atoms with Crippen LogP contribution in [0.2, 0.25) is 0 Å². The van der Waals surface area contributed by atoms with E-state index in [1.807, 2.05) is 0 Å². The molecule has 0 unspecified atom stereocenters. The van der Waals surface area contributed by atoms with Crippen LogP contribution in [-0.4, -0.2) is 62.4 Å². The Bertz CT molecular complexity index is 738. The Labute approximate surface area is 149 Å². The maximum Gasteiger partial charge on any atom is 0.342 e. The van der Waals surface area contributed by atoms with E-state index < -0.39 is 41.9 Å². The van der Waals surface area contributed by atoms with Crippen LogP contribution in [0.25, 0.3) is 0 Å². The van der Waals surface area contributed by atoms with Gasteiger partial charge >= 0.3 is 11.9 Å². The zero-order chi connectivity index (χ0) is 19.8. The van der Waals surface area contributed by atoms with E-state index >= 15 is 0 Å². The van der Waals surface area contributed by atoms with Crippen molar-refractivity contribution in [1.82, 2.24) is 0 Å². The fourth-order valence-corrected chi connectivity index (χ4v) is 3.02. The van der Waals surface area contributed by atoms with Crippen LogP contribution in [0, 0.1) is 6.92 Å². The summed E-state index contributed by atoms with van der Waals surface area (Å²) in [4.78, 5) is 22.6. The van der Waals surface area contributed by atoms with Crippen LogP contribution in [0.1, 0.15) is 40.4 Å². The molecule has 5 N–H and O–H groups in total. The van der Waals surface area contributed by atoms with Crippen LogP contribution in [0.5, 0.6) is 11.5 Å². The maximum absolute atomic E-state index is 11.9. The summed E-state index contributed by atoms with van der Waals surface area (Å²) < 4.78 is 10.2. The van der Waals surface area contributed by atoms with Gasteiger partial charge in [0.1, 0.15) is 29.3 Å². The second kappa shape index (κ2) is 7.10. The first-order chi connectivity index (χ1) is 12.0. The second-order valence-corrected chi connectivity index (χ2v) is 6.47. The van der Waals surface area contributed by atoms with Gasteiger partial charge in [-0.25, -0.2) is 4.79 Å². The molecule has 0 aromatic heterocycles. The maximum atomic E-state index is 11.9. The van der Waals surface area contributed by atoms with Gasteiger partial charge in [0.05, 0.1) is 25.7 Å². The summed E-state index contributed by atoms with van der Waals surface area (Å²) >= 11 is 0. The van der Waals surface area contributed by atoms with Crippen LogP contribution in [0.4, 0.5) is 0 Å². The van der Waals surface area contributed by atoms with Gasteiger partial charge in [-0.2, -0.15) is 0 Å². The number of phenols is 1. The molecule has 0 spiro atoms. The van der Waals surface area contributed by atoms with Crippen molar-refractivity contribution in [3.8, 4) is 11.5 Å². The molecule has 0 saturated heterocycles. The number of cyclic esters (lactones) is 1. The Morgan fingerprint density at radius 3 is 2.50 bits per heavy atom. The molecular weight excluding hydrogens is 348 g/mol. The number of carboxylic acid groups (broad SMARTS) is 1. The summed E-state index contributed by atoms with van der Waals surface area (Å²) in [5.41, 5.74) is -1.14. The molecule has 1 heterocycles. The number of carbonyl (C=O) groups excluding carboxylic acids is 1. The van der Waals surface area contributed by atoms with E-state index in [0.29, 0.717) is 11.1 Å². The average Bonchev–Trinajstić information content (AvgIpc) is 2.94. The van der Waals surface area contributed by atoms with E-state index in [0.717, 1.165) is 6.92 Å². The fourth-order valence-electron chi connectivity index (χ4n) is 3.02. The number of ether oxygens (including phenoxy) is 2. The van der Waals surface area contributed by atoms with Gasteiger partial charge in [-0.3, -0.25) is 4.79 Å². The molecule has 9 nitrogen and oxygen atoms in total. The van der Waals surface area contributed by atoms with Gasteiger partial charge < -0.3 is 35.0 Å². The van der Waals surface area contributed by atoms with Gasteiger partial charge in [-0.05, 0) is 19.4 Å². The third kappa shape index (κ3) is 3.33. The number of phenolic OH excluding ortho intramolecular Hbond substituents is 1. The van der Waals surface area contributed by atoms with Crippen LogP contribution >= 0.6 is 0 Å². The van der Waals surface area contributed by atoms with E-state index in [1.165, 1.54) is 7.11 Å². The lowest BCUT2D eigenvalue weighted by Crippen LogP contribution is -2.51. The first-order valence-electron chi connectivity index (χ1n) is 7.91. The summed E-state index contributed by atoms with van der Waals surface area (Å²) in [6.45, 7) is 2.73. The molecule has 1 aromatic rings. The van der Waals surface area contributed by atoms with Gasteiger partial charge in [-0.1, -0.05) is 0 Å². The Kier molecular flexibility index (Phi) is 5.45. The summed E-state index contributed by atoms with van der Waals surface area (Å²) in [7, 11) is 1.35. The highest BCUT2D eigenvalue weighted by atomic mass is 16.5. The lowest BCUT2D eigenvalue weighted by molar-refractivity contribution is -0.156. The minimum Gasteiger partial charge on any atom is -0.507 e. The number of rotatable bonds is 7. The number of hydrogen-bond donors (Lipinski definition) is 5. The lowest BCUT2D eigenvalue weighted by Gasteiger charge is -2.33. The summed E-state index contributed by atoms with van der Waals surface area (Å²) in [6.07, 6.45) is -4.56. The highest BCUT2D eigenvalue weighted by molar-refractivity contribution is 5.98. The van der Waals surface area contributed by atoms with E-state index in [9.17, 15) is 30.0 Å². The quantitative estimate of drug-likeness (QED) is 0.413. The summed E-state index contributed by atoms with van der Waals surface area (Å²) in [5, 5.41) is 49.9. The third-order valence-electron chi connectivity index (χ3n) is 4.76. The first-order valence-corrected chi connectivity index (χ1v) is 7.91. The van der Waals surface area contributed by atoms with Crippen molar-refractivity contribution in [2.45, 2.75) is 51.1 Å². The Balaban J connectivity index is 2.43. The molecule has 144 valence electrons. The average molecular weight is 370 g/mol. The number of carbonyl (C=O) groups is 2. The molecule has 2 rings (SSSR count). The molecule has 0 saturated carbocycles. The molecule has 9 heteroatoms. The van der Waals surface area contributed by atoms with Crippen LogP contribution < -0.4 is 4.74 Å². The number of aliphatic carboxylic acids is 1. The van der Waals surface area contributed by atoms with Gasteiger partial charge in [-0.15, -0.1) is 0 Å². The van der Waals surface area contributed by atoms with Crippen LogP contribution in [0.3, 0.4) is 0 Å². The third-order valence-corrected chi connectivity index (χ3v) is 4.76. The number of aliphatic hydroxyl groups excluding tert-OH is 2. The number of aliphatic hydroxyl groups is 3. The summed E-state index contributed by atoms with van der Waals surface area (Å²) in [5.74, 6) is -2.28. The number of benzene rings is 1. The number of aromatic hydroxyl groups is 1. The van der Waals surface area contributed by atoms with Gasteiger partial charge in [0.15, 0.2) is 0 Å². The molecule has 1 aromatic carbocycles. The fraction of sp³-hybridized carbons (Fsp3) is 0.529. The monoisotopic (exact) mass is 370 g/mol. The normalized spacial score (nSPS) is 17.8. The van der Waals surface area contributed by atoms with E-state index in [1.54, 1.807) is 6.92 Å². The predicted molar refractivity (Wildman–Crippen MR) is 87.1 cm³/mol. The smallest absolute Gasteiger partial charge is 0.342 e. The van der Waals surface area contributed by atoms with Crippen molar-refractivity contribution in [2.24, 2.45) is 0 Å². The Morgan fingerprint density at radius 1 is 1.35 bits per heavy atom. The molecule has 0 radical (unpaired) electrons. The number of esters is 1. The number of carboxylic acids is 1. The molecular formula is C17H22O9. The van der Waals surface area contributed by atoms with Crippen molar-refractivity contribution >= 4 is 11.9 Å². The van der Waals surface area contributed by atoms with E-state index in [-0.39, 0.29) is 29.9 Å². The Morgan fingerprint density at radius 2 is 1.96 bits per heavy atom. The van der Waals surface area contributed by atoms with Crippen molar-refractivity contribution in [1.29, 1.82) is 0 Å². The van der Waals surface area contributed by atoms with Crippen molar-refractivity contribution in [3.05, 3.63) is 22.3 Å². The number of fused-ring (bicyclic) bond motifs is 1. The van der Waals surface area contributed by atoms with Gasteiger partial charge in [0.2, 0.25) is 0 Å². The Hall–Kier alpha value is -2.36. The van der Waals surface area contributed by atoms with Gasteiger partial charge in [0.25, 0.3) is 0 Å². The molecule has 1 aliphatic heterocycles. The minimum absolute atomic E-state index is 0.0121. The highest BCUT2D eigenvalue weighted by Gasteiger charge is 2.41. The SMILES string of the molecule is COc1c(C)c2c(c(O)c1C[C@@H](O)[C@](C)(O)[C@@H](O)CC(=O)O)C(=O)OC2. The van der Waals surface area contributed by atoms with Crippen LogP contribution in [0.15, 0.2) is 0 Å². The number of hydrogen-bond acceptors (Lipinski definition) is 8. The van der Waals surface area contributed by atoms with Crippen molar-refractivity contribution in [3.63, 3.8) is 0 Å². The second-order valence-electron chi connectivity index (χ2n) is 6.47. The largest absolute Gasteiger partial charge is 0.507 e. The van der Waals surface area contributed by atoms with Crippen LogP contribution in [-0.2, 0) is 22.6 Å². The zero-order valence-corrected chi connectivity index (χ0v) is 14.6. The zero-order valence-electron chi connectivity index (χ0n) is 14.6. The molecule has 26 heavy (non-hydrogen) atoms. The molecule has 0 aliphatic carbocycles. The molecule has 3 atom stereocenters. The van der Waals surface area contributed by atoms with E-state index in [2.05, 4.69) is 0 Å². The number of methoxy groups -OCH3 is 1. The first kappa shape index (κ1) is 20.0. The standard InChI is InChI=1S/C17H22O9/c1-7-9-6-26-16(23)13(9)14(22)8(15(7)25-3)4-10(18)17(2,24)11(19)5-12(20)21/h10-11,18-19,22,24H,4-6H2,1-3H3,(H,20,21)/t10-,11+,17+/m1/s1. The molecule has 0 fully saturated rings. The topological polar surface area (TPSA) is 154 Å². The van der Waals surface area contributed by atoms with Crippen molar-refractivity contribution < 1.29 is 44.6 Å².